The fraction of sp³-hybridized carbons (Fsp3) is 1.00. The van der Waals surface area contributed by atoms with Gasteiger partial charge in [0.25, 0.3) is 0 Å². The average Bonchev–Trinajstić information content (AvgIpc) is 2.49. The lowest BCUT2D eigenvalue weighted by molar-refractivity contribution is 0.00978. The fourth-order valence-corrected chi connectivity index (χ4v) is 4.10. The Hall–Kier alpha value is -0.0400. The molecule has 0 radical (unpaired) electrons. The Morgan fingerprint density at radius 3 is 2.71 bits per heavy atom. The van der Waals surface area contributed by atoms with Crippen molar-refractivity contribution in [2.75, 3.05) is 20.1 Å². The van der Waals surface area contributed by atoms with Crippen molar-refractivity contribution in [2.45, 2.75) is 46.0 Å². The highest BCUT2D eigenvalue weighted by Gasteiger charge is 2.47. The highest BCUT2D eigenvalue weighted by molar-refractivity contribution is 4.98. The average molecular weight is 195 g/mol. The summed E-state index contributed by atoms with van der Waals surface area (Å²) in [7, 11) is 2.30. The maximum Gasteiger partial charge on any atom is 0.00401 e. The van der Waals surface area contributed by atoms with E-state index in [4.69, 9.17) is 0 Å². The standard InChI is InChI=1S/C13H25N/c1-4-12-7-9-14(3)10-13(12)8-5-6-11(13)2/h11-12H,4-10H2,1-3H3. The SMILES string of the molecule is CCC1CCN(C)CC12CCCC2C. The molecule has 3 unspecified atom stereocenters. The maximum absolute atomic E-state index is 2.56. The van der Waals surface area contributed by atoms with Gasteiger partial charge in [0.1, 0.15) is 0 Å². The van der Waals surface area contributed by atoms with Gasteiger partial charge in [-0.25, -0.2) is 0 Å². The molecular formula is C13H25N. The number of piperidine rings is 1. The van der Waals surface area contributed by atoms with Crippen molar-refractivity contribution in [1.29, 1.82) is 0 Å². The zero-order valence-corrected chi connectivity index (χ0v) is 10.1. The van der Waals surface area contributed by atoms with Crippen molar-refractivity contribution in [3.05, 3.63) is 0 Å². The Kier molecular flexibility index (Phi) is 2.88. The Labute approximate surface area is 88.9 Å². The molecule has 1 saturated carbocycles. The topological polar surface area (TPSA) is 3.24 Å². The normalized spacial score (nSPS) is 44.8. The van der Waals surface area contributed by atoms with Gasteiger partial charge in [0.15, 0.2) is 0 Å². The van der Waals surface area contributed by atoms with Crippen LogP contribution in [0.5, 0.6) is 0 Å². The van der Waals surface area contributed by atoms with Crippen molar-refractivity contribution in [3.63, 3.8) is 0 Å². The van der Waals surface area contributed by atoms with Gasteiger partial charge in [0, 0.05) is 6.54 Å². The second-order valence-electron chi connectivity index (χ2n) is 5.66. The van der Waals surface area contributed by atoms with Crippen molar-refractivity contribution in [3.8, 4) is 0 Å². The Morgan fingerprint density at radius 1 is 1.36 bits per heavy atom. The van der Waals surface area contributed by atoms with Crippen LogP contribution >= 0.6 is 0 Å². The number of hydrogen-bond donors (Lipinski definition) is 0. The first-order chi connectivity index (χ1) is 6.69. The van der Waals surface area contributed by atoms with Gasteiger partial charge in [-0.3, -0.25) is 0 Å². The molecule has 82 valence electrons. The highest BCUT2D eigenvalue weighted by atomic mass is 15.1. The molecule has 14 heavy (non-hydrogen) atoms. The minimum absolute atomic E-state index is 0.696. The molecule has 1 saturated heterocycles. The van der Waals surface area contributed by atoms with E-state index in [0.29, 0.717) is 5.41 Å². The molecule has 1 aliphatic carbocycles. The molecule has 1 heteroatoms. The summed E-state index contributed by atoms with van der Waals surface area (Å²) in [6.45, 7) is 7.58. The minimum atomic E-state index is 0.696. The highest BCUT2D eigenvalue weighted by Crippen LogP contribution is 2.52. The van der Waals surface area contributed by atoms with Gasteiger partial charge in [0.05, 0.1) is 0 Å². The second-order valence-corrected chi connectivity index (χ2v) is 5.66. The second kappa shape index (κ2) is 3.84. The first kappa shape index (κ1) is 10.5. The van der Waals surface area contributed by atoms with Crippen LogP contribution in [0, 0.1) is 17.3 Å². The zero-order valence-electron chi connectivity index (χ0n) is 10.1. The molecule has 1 nitrogen and oxygen atoms in total. The van der Waals surface area contributed by atoms with Crippen LogP contribution in [0.1, 0.15) is 46.0 Å². The van der Waals surface area contributed by atoms with Crippen LogP contribution in [0.3, 0.4) is 0 Å². The molecule has 0 aromatic rings. The number of hydrogen-bond acceptors (Lipinski definition) is 1. The quantitative estimate of drug-likeness (QED) is 0.621. The molecule has 1 heterocycles. The van der Waals surface area contributed by atoms with Gasteiger partial charge >= 0.3 is 0 Å². The lowest BCUT2D eigenvalue weighted by atomic mass is 9.64. The first-order valence-corrected chi connectivity index (χ1v) is 6.37. The number of likely N-dealkylation sites (tertiary alicyclic amines) is 1. The van der Waals surface area contributed by atoms with Gasteiger partial charge in [0.2, 0.25) is 0 Å². The van der Waals surface area contributed by atoms with E-state index in [1.165, 1.54) is 45.2 Å². The van der Waals surface area contributed by atoms with Gasteiger partial charge in [-0.2, -0.15) is 0 Å². The van der Waals surface area contributed by atoms with Crippen LogP contribution in [0.2, 0.25) is 0 Å². The molecular weight excluding hydrogens is 170 g/mol. The Morgan fingerprint density at radius 2 is 2.14 bits per heavy atom. The van der Waals surface area contributed by atoms with Crippen molar-refractivity contribution in [1.82, 2.24) is 4.90 Å². The van der Waals surface area contributed by atoms with Gasteiger partial charge in [-0.1, -0.05) is 33.1 Å². The summed E-state index contributed by atoms with van der Waals surface area (Å²) in [6.07, 6.45) is 7.29. The smallest absolute Gasteiger partial charge is 0.00401 e. The molecule has 2 rings (SSSR count). The zero-order chi connectivity index (χ0) is 10.2. The van der Waals surface area contributed by atoms with Crippen molar-refractivity contribution in [2.24, 2.45) is 17.3 Å². The van der Waals surface area contributed by atoms with E-state index in [1.807, 2.05) is 0 Å². The lowest BCUT2D eigenvalue weighted by Gasteiger charge is -2.48. The maximum atomic E-state index is 2.56. The van der Waals surface area contributed by atoms with Crippen LogP contribution in [-0.2, 0) is 0 Å². The van der Waals surface area contributed by atoms with E-state index in [2.05, 4.69) is 25.8 Å². The number of rotatable bonds is 1. The van der Waals surface area contributed by atoms with Crippen LogP contribution in [-0.4, -0.2) is 25.0 Å². The molecule has 0 aromatic carbocycles. The Bertz CT molecular complexity index is 201. The third-order valence-corrected chi connectivity index (χ3v) is 4.99. The van der Waals surface area contributed by atoms with E-state index in [9.17, 15) is 0 Å². The summed E-state index contributed by atoms with van der Waals surface area (Å²) >= 11 is 0. The van der Waals surface area contributed by atoms with Crippen LogP contribution < -0.4 is 0 Å². The van der Waals surface area contributed by atoms with Gasteiger partial charge in [-0.15, -0.1) is 0 Å². The van der Waals surface area contributed by atoms with Crippen LogP contribution in [0.4, 0.5) is 0 Å². The molecule has 0 aromatic heterocycles. The van der Waals surface area contributed by atoms with Gasteiger partial charge < -0.3 is 4.90 Å². The predicted octanol–water partition coefficient (Wildman–Crippen LogP) is 3.15. The summed E-state index contributed by atoms with van der Waals surface area (Å²) in [5.41, 5.74) is 0.696. The molecule has 1 spiro atoms. The van der Waals surface area contributed by atoms with Crippen molar-refractivity contribution >= 4 is 0 Å². The van der Waals surface area contributed by atoms with E-state index in [0.717, 1.165) is 11.8 Å². The minimum Gasteiger partial charge on any atom is -0.306 e. The predicted molar refractivity (Wildman–Crippen MR) is 61.3 cm³/mol. The number of nitrogens with zero attached hydrogens (tertiary/aromatic N) is 1. The van der Waals surface area contributed by atoms with Crippen LogP contribution in [0.25, 0.3) is 0 Å². The molecule has 3 atom stereocenters. The third kappa shape index (κ3) is 1.50. The molecule has 1 aliphatic heterocycles. The van der Waals surface area contributed by atoms with Crippen LogP contribution in [0.15, 0.2) is 0 Å². The Balaban J connectivity index is 2.18. The molecule has 0 amide bonds. The summed E-state index contributed by atoms with van der Waals surface area (Å²) < 4.78 is 0. The molecule has 0 N–H and O–H groups in total. The summed E-state index contributed by atoms with van der Waals surface area (Å²) in [5, 5.41) is 0. The van der Waals surface area contributed by atoms with E-state index >= 15 is 0 Å². The monoisotopic (exact) mass is 195 g/mol. The van der Waals surface area contributed by atoms with E-state index in [-0.39, 0.29) is 0 Å². The molecule has 0 bridgehead atoms. The first-order valence-electron chi connectivity index (χ1n) is 6.37. The lowest BCUT2D eigenvalue weighted by Crippen LogP contribution is -2.48. The van der Waals surface area contributed by atoms with Gasteiger partial charge in [-0.05, 0) is 43.7 Å². The molecule has 2 aliphatic rings. The summed E-state index contributed by atoms with van der Waals surface area (Å²) in [6, 6.07) is 0. The largest absolute Gasteiger partial charge is 0.306 e. The van der Waals surface area contributed by atoms with Crippen molar-refractivity contribution < 1.29 is 0 Å². The third-order valence-electron chi connectivity index (χ3n) is 4.99. The fourth-order valence-electron chi connectivity index (χ4n) is 4.10. The summed E-state index contributed by atoms with van der Waals surface area (Å²) in [4.78, 5) is 2.56. The molecule has 2 fully saturated rings. The summed E-state index contributed by atoms with van der Waals surface area (Å²) in [5.74, 6) is 1.98. The van der Waals surface area contributed by atoms with E-state index < -0.39 is 0 Å². The van der Waals surface area contributed by atoms with E-state index in [1.54, 1.807) is 0 Å².